The molecule has 0 bridgehead atoms. The fraction of sp³-hybridized carbons (Fsp3) is 0.182. The minimum absolute atomic E-state index is 0.0182. The van der Waals surface area contributed by atoms with Crippen LogP contribution in [-0.4, -0.2) is 49.7 Å². The number of nitrogens with one attached hydrogen (secondary N) is 1. The van der Waals surface area contributed by atoms with E-state index in [-0.39, 0.29) is 35.6 Å². The number of nitrogens with zero attached hydrogens (tertiary/aromatic N) is 5. The van der Waals surface area contributed by atoms with Crippen LogP contribution in [0.25, 0.3) is 5.69 Å². The van der Waals surface area contributed by atoms with E-state index in [2.05, 4.69) is 20.6 Å². The highest BCUT2D eigenvalue weighted by Crippen LogP contribution is 2.35. The number of thioether (sulfide) groups is 1. The van der Waals surface area contributed by atoms with E-state index in [4.69, 9.17) is 4.74 Å². The van der Waals surface area contributed by atoms with Crippen molar-refractivity contribution in [2.45, 2.75) is 31.1 Å². The van der Waals surface area contributed by atoms with Gasteiger partial charge in [-0.2, -0.15) is 5.10 Å². The third kappa shape index (κ3) is 6.85. The van der Waals surface area contributed by atoms with Crippen molar-refractivity contribution in [1.82, 2.24) is 25.1 Å². The first-order valence-electron chi connectivity index (χ1n) is 14.4. The molecule has 2 amide bonds. The third-order valence-electron chi connectivity index (χ3n) is 7.18. The highest BCUT2D eigenvalue weighted by molar-refractivity contribution is 7.99. The molecule has 3 aromatic carbocycles. The normalized spacial score (nSPS) is 14.3. The lowest BCUT2D eigenvalue weighted by Gasteiger charge is -2.22. The standard InChI is InChI=1S/C33H28F2N6O3S2/c1-2-44-24-15-13-23(14-16-24)40-30(19-36-32(43)25-6-3-4-7-26(25)35)37-38-33(40)46-20-31(42)41-28(21-9-11-22(34)12-10-21)18-27(39-41)29-8-5-17-45-29/h3-17,28H,2,18-20H2,1H3,(H,36,43)/t28-/m1/s1. The van der Waals surface area contributed by atoms with Gasteiger partial charge >= 0.3 is 0 Å². The summed E-state index contributed by atoms with van der Waals surface area (Å²) in [6, 6.07) is 22.6. The van der Waals surface area contributed by atoms with Gasteiger partial charge in [0.2, 0.25) is 0 Å². The summed E-state index contributed by atoms with van der Waals surface area (Å²) in [6.45, 7) is 2.36. The Bertz CT molecular complexity index is 1860. The summed E-state index contributed by atoms with van der Waals surface area (Å²) in [5.41, 5.74) is 2.16. The fourth-order valence-corrected chi connectivity index (χ4v) is 6.54. The van der Waals surface area contributed by atoms with Gasteiger partial charge in [-0.25, -0.2) is 13.8 Å². The number of rotatable bonds is 11. The third-order valence-corrected chi connectivity index (χ3v) is 9.02. The molecule has 13 heteroatoms. The number of halogens is 2. The topological polar surface area (TPSA) is 102 Å². The Balaban J connectivity index is 1.24. The molecule has 0 spiro atoms. The van der Waals surface area contributed by atoms with Crippen LogP contribution in [0.15, 0.2) is 101 Å². The number of amides is 2. The maximum absolute atomic E-state index is 14.2. The molecule has 0 fully saturated rings. The van der Waals surface area contributed by atoms with Crippen molar-refractivity contribution in [2.75, 3.05) is 12.4 Å². The number of aromatic nitrogens is 3. The Morgan fingerprint density at radius 3 is 2.50 bits per heavy atom. The minimum atomic E-state index is -0.631. The molecule has 9 nitrogen and oxygen atoms in total. The molecule has 0 saturated carbocycles. The molecule has 5 aromatic rings. The molecular formula is C33H28F2N6O3S2. The highest BCUT2D eigenvalue weighted by Gasteiger charge is 2.33. The first-order chi connectivity index (χ1) is 22.4. The van der Waals surface area contributed by atoms with Crippen LogP contribution in [-0.2, 0) is 11.3 Å². The molecule has 2 aromatic heterocycles. The van der Waals surface area contributed by atoms with Crippen molar-refractivity contribution in [1.29, 1.82) is 0 Å². The van der Waals surface area contributed by atoms with Gasteiger partial charge < -0.3 is 10.1 Å². The molecule has 1 aliphatic rings. The number of benzene rings is 3. The van der Waals surface area contributed by atoms with E-state index in [9.17, 15) is 18.4 Å². The number of hydrogen-bond acceptors (Lipinski definition) is 8. The lowest BCUT2D eigenvalue weighted by molar-refractivity contribution is -0.130. The summed E-state index contributed by atoms with van der Waals surface area (Å²) in [5.74, 6) is -0.802. The first kappa shape index (κ1) is 31.1. The van der Waals surface area contributed by atoms with Crippen molar-refractivity contribution in [3.8, 4) is 11.4 Å². The maximum atomic E-state index is 14.2. The zero-order valence-corrected chi connectivity index (χ0v) is 26.2. The minimum Gasteiger partial charge on any atom is -0.494 e. The number of ether oxygens (including phenoxy) is 1. The SMILES string of the molecule is CCOc1ccc(-n2c(CNC(=O)c3ccccc3F)nnc2SCC(=O)N2N=C(c3cccs3)C[C@@H]2c2ccc(F)cc2)cc1. The van der Waals surface area contributed by atoms with Crippen LogP contribution < -0.4 is 10.1 Å². The van der Waals surface area contributed by atoms with Gasteiger partial charge in [-0.15, -0.1) is 21.5 Å². The number of thiophene rings is 1. The Hall–Kier alpha value is -4.88. The zero-order valence-electron chi connectivity index (χ0n) is 24.6. The fourth-order valence-electron chi connectivity index (χ4n) is 4.99. The average molecular weight is 659 g/mol. The highest BCUT2D eigenvalue weighted by atomic mass is 32.2. The summed E-state index contributed by atoms with van der Waals surface area (Å²) in [5, 5.41) is 19.9. The van der Waals surface area contributed by atoms with Crippen molar-refractivity contribution >= 4 is 40.6 Å². The monoisotopic (exact) mass is 658 g/mol. The summed E-state index contributed by atoms with van der Waals surface area (Å²) < 4.78 is 35.2. The molecule has 234 valence electrons. The Labute approximate surface area is 271 Å². The second-order valence-electron chi connectivity index (χ2n) is 10.1. The van der Waals surface area contributed by atoms with E-state index in [0.717, 1.165) is 16.2 Å². The summed E-state index contributed by atoms with van der Waals surface area (Å²) in [4.78, 5) is 27.4. The van der Waals surface area contributed by atoms with Crippen molar-refractivity contribution in [2.24, 2.45) is 5.10 Å². The molecule has 0 radical (unpaired) electrons. The molecule has 1 aliphatic heterocycles. The number of hydrazone groups is 1. The predicted molar refractivity (Wildman–Crippen MR) is 172 cm³/mol. The molecule has 3 heterocycles. The van der Waals surface area contributed by atoms with Gasteiger partial charge in [0.05, 0.1) is 41.1 Å². The molecule has 0 unspecified atom stereocenters. The lowest BCUT2D eigenvalue weighted by Crippen LogP contribution is -2.28. The van der Waals surface area contributed by atoms with Gasteiger partial charge in [0.15, 0.2) is 11.0 Å². The number of carbonyl (C=O) groups excluding carboxylic acids is 2. The maximum Gasteiger partial charge on any atom is 0.254 e. The summed E-state index contributed by atoms with van der Waals surface area (Å²) >= 11 is 2.71. The summed E-state index contributed by atoms with van der Waals surface area (Å²) in [6.07, 6.45) is 0.497. The van der Waals surface area contributed by atoms with E-state index in [1.807, 2.05) is 36.6 Å². The average Bonchev–Trinajstić information content (AvgIpc) is 3.84. The zero-order chi connectivity index (χ0) is 32.0. The predicted octanol–water partition coefficient (Wildman–Crippen LogP) is 6.41. The van der Waals surface area contributed by atoms with Crippen molar-refractivity contribution < 1.29 is 23.1 Å². The van der Waals surface area contributed by atoms with Crippen molar-refractivity contribution in [3.63, 3.8) is 0 Å². The second kappa shape index (κ2) is 14.0. The van der Waals surface area contributed by atoms with Gasteiger partial charge in [0, 0.05) is 12.1 Å². The van der Waals surface area contributed by atoms with Gasteiger partial charge in [0.1, 0.15) is 17.4 Å². The van der Waals surface area contributed by atoms with Gasteiger partial charge in [-0.05, 0) is 72.5 Å². The largest absolute Gasteiger partial charge is 0.494 e. The molecule has 1 atom stereocenters. The Morgan fingerprint density at radius 1 is 1.00 bits per heavy atom. The summed E-state index contributed by atoms with van der Waals surface area (Å²) in [7, 11) is 0. The van der Waals surface area contributed by atoms with E-state index < -0.39 is 11.7 Å². The first-order valence-corrected chi connectivity index (χ1v) is 16.3. The van der Waals surface area contributed by atoms with E-state index in [1.165, 1.54) is 47.1 Å². The number of carbonyl (C=O) groups is 2. The van der Waals surface area contributed by atoms with Crippen molar-refractivity contribution in [3.05, 3.63) is 124 Å². The smallest absolute Gasteiger partial charge is 0.254 e. The molecule has 46 heavy (non-hydrogen) atoms. The van der Waals surface area contributed by atoms with Crippen LogP contribution in [0.4, 0.5) is 8.78 Å². The lowest BCUT2D eigenvalue weighted by atomic mass is 10.0. The molecule has 1 N–H and O–H groups in total. The van der Waals surface area contributed by atoms with E-state index in [1.54, 1.807) is 46.2 Å². The van der Waals surface area contributed by atoms with Gasteiger partial charge in [0.25, 0.3) is 11.8 Å². The van der Waals surface area contributed by atoms with Crippen LogP contribution >= 0.6 is 23.1 Å². The molecule has 0 saturated heterocycles. The quantitative estimate of drug-likeness (QED) is 0.165. The van der Waals surface area contributed by atoms with Crippen LogP contribution in [0.3, 0.4) is 0 Å². The van der Waals surface area contributed by atoms with E-state index in [0.29, 0.717) is 35.4 Å². The van der Waals surface area contributed by atoms with E-state index >= 15 is 0 Å². The van der Waals surface area contributed by atoms with Gasteiger partial charge in [-0.3, -0.25) is 14.2 Å². The Morgan fingerprint density at radius 2 is 1.78 bits per heavy atom. The Kier molecular flexibility index (Phi) is 9.50. The van der Waals surface area contributed by atoms with Crippen LogP contribution in [0.2, 0.25) is 0 Å². The molecular weight excluding hydrogens is 631 g/mol. The van der Waals surface area contributed by atoms with Crippen LogP contribution in [0.1, 0.15) is 46.0 Å². The second-order valence-corrected chi connectivity index (χ2v) is 12.0. The van der Waals surface area contributed by atoms with Crippen LogP contribution in [0.5, 0.6) is 5.75 Å². The molecule has 6 rings (SSSR count). The molecule has 0 aliphatic carbocycles. The van der Waals surface area contributed by atoms with Crippen LogP contribution in [0, 0.1) is 11.6 Å². The number of hydrogen-bond donors (Lipinski definition) is 1. The van der Waals surface area contributed by atoms with Gasteiger partial charge in [-0.1, -0.05) is 42.1 Å².